The number of methoxy groups -OCH3 is 1. The highest BCUT2D eigenvalue weighted by Crippen LogP contribution is 2.42. The quantitative estimate of drug-likeness (QED) is 0.429. The topological polar surface area (TPSA) is 42.3 Å². The van der Waals surface area contributed by atoms with Crippen LogP contribution in [0.1, 0.15) is 23.5 Å². The zero-order valence-corrected chi connectivity index (χ0v) is 18.2. The third-order valence-corrected chi connectivity index (χ3v) is 5.94. The molecule has 4 aromatic rings. The van der Waals surface area contributed by atoms with Crippen molar-refractivity contribution in [3.8, 4) is 11.4 Å². The molecule has 1 aliphatic rings. The minimum atomic E-state index is -0.291. The Balaban J connectivity index is 1.68. The second-order valence-electron chi connectivity index (χ2n) is 7.45. The van der Waals surface area contributed by atoms with Gasteiger partial charge >= 0.3 is 0 Å². The first-order chi connectivity index (χ1) is 15.7. The molecule has 0 unspecified atom stereocenters. The number of nitrogens with zero attached hydrogens (tertiary/aromatic N) is 3. The van der Waals surface area contributed by atoms with Crippen molar-refractivity contribution in [1.29, 1.82) is 0 Å². The molecule has 0 radical (unpaired) electrons. The van der Waals surface area contributed by atoms with Crippen molar-refractivity contribution in [2.45, 2.75) is 12.1 Å². The fraction of sp³-hybridized carbons (Fsp3) is 0.120. The highest BCUT2D eigenvalue weighted by molar-refractivity contribution is 7.80. The van der Waals surface area contributed by atoms with Crippen molar-refractivity contribution in [2.75, 3.05) is 12.0 Å². The predicted octanol–water partition coefficient (Wildman–Crippen LogP) is 5.20. The van der Waals surface area contributed by atoms with Gasteiger partial charge < -0.3 is 19.5 Å². The van der Waals surface area contributed by atoms with E-state index >= 15 is 0 Å². The van der Waals surface area contributed by atoms with Gasteiger partial charge in [-0.05, 0) is 60.7 Å². The molecule has 5 rings (SSSR count). The average molecular weight is 445 g/mol. The summed E-state index contributed by atoms with van der Waals surface area (Å²) in [5.41, 5.74) is 3.11. The molecule has 2 aromatic carbocycles. The number of nitrogens with one attached hydrogen (secondary N) is 1. The van der Waals surface area contributed by atoms with E-state index in [9.17, 15) is 4.39 Å². The van der Waals surface area contributed by atoms with Crippen LogP contribution >= 0.6 is 12.2 Å². The molecule has 0 spiro atoms. The van der Waals surface area contributed by atoms with Gasteiger partial charge in [0, 0.05) is 29.8 Å². The Morgan fingerprint density at radius 3 is 2.62 bits per heavy atom. The lowest BCUT2D eigenvalue weighted by Gasteiger charge is -2.29. The van der Waals surface area contributed by atoms with E-state index in [1.165, 1.54) is 6.07 Å². The number of rotatable bonds is 5. The molecule has 0 bridgehead atoms. The molecule has 0 amide bonds. The van der Waals surface area contributed by atoms with Crippen molar-refractivity contribution in [2.24, 2.45) is 0 Å². The average Bonchev–Trinajstić information content (AvgIpc) is 3.44. The Bertz CT molecular complexity index is 1260. The number of hydrogen-bond donors (Lipinski definition) is 1. The maximum absolute atomic E-state index is 14.7. The van der Waals surface area contributed by atoms with Crippen LogP contribution in [-0.4, -0.2) is 21.8 Å². The highest BCUT2D eigenvalue weighted by Gasteiger charge is 2.42. The molecule has 2 aromatic heterocycles. The molecule has 7 heteroatoms. The summed E-state index contributed by atoms with van der Waals surface area (Å²) < 4.78 is 22.0. The van der Waals surface area contributed by atoms with E-state index in [0.717, 1.165) is 22.8 Å². The van der Waals surface area contributed by atoms with Crippen LogP contribution in [0.25, 0.3) is 5.69 Å². The van der Waals surface area contributed by atoms with Crippen LogP contribution in [0, 0.1) is 5.82 Å². The molecule has 3 heterocycles. The van der Waals surface area contributed by atoms with Gasteiger partial charge in [0.25, 0.3) is 0 Å². The monoisotopic (exact) mass is 444 g/mol. The second-order valence-corrected chi connectivity index (χ2v) is 7.84. The number of benzene rings is 2. The van der Waals surface area contributed by atoms with Gasteiger partial charge in [-0.25, -0.2) is 4.39 Å². The molecule has 1 saturated heterocycles. The normalized spacial score (nSPS) is 17.9. The smallest absolute Gasteiger partial charge is 0.174 e. The number of para-hydroxylation sites is 1. The number of ether oxygens (including phenoxy) is 1. The van der Waals surface area contributed by atoms with Crippen LogP contribution in [0.2, 0.25) is 0 Å². The fourth-order valence-electron chi connectivity index (χ4n) is 4.20. The summed E-state index contributed by atoms with van der Waals surface area (Å²) in [6.07, 6.45) is 3.63. The van der Waals surface area contributed by atoms with Crippen molar-refractivity contribution < 1.29 is 9.13 Å². The standard InChI is InChI=1S/C25H21FN4OS/c1-31-18-9-6-8-17(16-18)30-24(23(28-25(30)32)20-11-4-5-14-27-20)22-13-7-15-29(22)21-12-3-2-10-19(21)26/h2-16,23-24H,1H3,(H,28,32)/t23-,24-/m1/s1. The SMILES string of the molecule is COc1cccc(N2C(=S)N[C@H](c3ccccn3)[C@H]2c2cccn2-c2ccccc2F)c1. The third-order valence-electron chi connectivity index (χ3n) is 5.62. The number of anilines is 1. The first-order valence-corrected chi connectivity index (χ1v) is 10.6. The van der Waals surface area contributed by atoms with E-state index in [0.29, 0.717) is 10.8 Å². The summed E-state index contributed by atoms with van der Waals surface area (Å²) in [4.78, 5) is 6.63. The van der Waals surface area contributed by atoms with Gasteiger partial charge in [0.1, 0.15) is 17.6 Å². The summed E-state index contributed by atoms with van der Waals surface area (Å²) in [6.45, 7) is 0. The van der Waals surface area contributed by atoms with Crippen LogP contribution in [0.4, 0.5) is 10.1 Å². The van der Waals surface area contributed by atoms with E-state index in [2.05, 4.69) is 10.3 Å². The van der Waals surface area contributed by atoms with Gasteiger partial charge in [-0.3, -0.25) is 4.98 Å². The van der Waals surface area contributed by atoms with Crippen molar-refractivity contribution in [3.63, 3.8) is 0 Å². The van der Waals surface area contributed by atoms with Crippen molar-refractivity contribution in [3.05, 3.63) is 108 Å². The lowest BCUT2D eigenvalue weighted by atomic mass is 10.0. The Hall–Kier alpha value is -3.71. The maximum Gasteiger partial charge on any atom is 0.174 e. The molecule has 2 atom stereocenters. The Kier molecular flexibility index (Phi) is 5.33. The van der Waals surface area contributed by atoms with E-state index in [4.69, 9.17) is 17.0 Å². The minimum Gasteiger partial charge on any atom is -0.497 e. The van der Waals surface area contributed by atoms with Gasteiger partial charge in [-0.1, -0.05) is 24.3 Å². The zero-order chi connectivity index (χ0) is 22.1. The largest absolute Gasteiger partial charge is 0.497 e. The Labute approximate surface area is 191 Å². The molecular weight excluding hydrogens is 423 g/mol. The first-order valence-electron chi connectivity index (χ1n) is 10.2. The molecular formula is C25H21FN4OS. The summed E-state index contributed by atoms with van der Waals surface area (Å²) >= 11 is 5.78. The zero-order valence-electron chi connectivity index (χ0n) is 17.4. The van der Waals surface area contributed by atoms with Gasteiger partial charge in [-0.2, -0.15) is 0 Å². The van der Waals surface area contributed by atoms with Crippen LogP contribution in [0.5, 0.6) is 5.75 Å². The molecule has 1 N–H and O–H groups in total. The minimum absolute atomic E-state index is 0.227. The summed E-state index contributed by atoms with van der Waals surface area (Å²) in [5.74, 6) is 0.440. The van der Waals surface area contributed by atoms with Crippen LogP contribution < -0.4 is 15.0 Å². The number of halogens is 1. The van der Waals surface area contributed by atoms with E-state index in [1.807, 2.05) is 76.3 Å². The van der Waals surface area contributed by atoms with E-state index in [-0.39, 0.29) is 17.9 Å². The van der Waals surface area contributed by atoms with Gasteiger partial charge in [0.15, 0.2) is 5.11 Å². The molecule has 160 valence electrons. The van der Waals surface area contributed by atoms with Crippen molar-refractivity contribution >= 4 is 23.0 Å². The fourth-order valence-corrected chi connectivity index (χ4v) is 4.54. The Morgan fingerprint density at radius 2 is 1.84 bits per heavy atom. The summed E-state index contributed by atoms with van der Waals surface area (Å²) in [7, 11) is 1.64. The lowest BCUT2D eigenvalue weighted by molar-refractivity contribution is 0.414. The molecule has 1 fully saturated rings. The maximum atomic E-state index is 14.7. The number of pyridine rings is 1. The third kappa shape index (κ3) is 3.50. The van der Waals surface area contributed by atoms with Crippen molar-refractivity contribution in [1.82, 2.24) is 14.9 Å². The molecule has 0 saturated carbocycles. The second kappa shape index (κ2) is 8.43. The predicted molar refractivity (Wildman–Crippen MR) is 127 cm³/mol. The molecule has 1 aliphatic heterocycles. The van der Waals surface area contributed by atoms with Crippen LogP contribution in [-0.2, 0) is 0 Å². The highest BCUT2D eigenvalue weighted by atomic mass is 32.1. The number of thiocarbonyl (C=S) groups is 1. The molecule has 5 nitrogen and oxygen atoms in total. The summed E-state index contributed by atoms with van der Waals surface area (Å²) in [6, 6.07) is 23.7. The van der Waals surface area contributed by atoms with Gasteiger partial charge in [0.2, 0.25) is 0 Å². The van der Waals surface area contributed by atoms with E-state index < -0.39 is 0 Å². The van der Waals surface area contributed by atoms with Gasteiger partial charge in [0.05, 0.1) is 24.5 Å². The van der Waals surface area contributed by atoms with Crippen LogP contribution in [0.15, 0.2) is 91.3 Å². The molecule has 0 aliphatic carbocycles. The van der Waals surface area contributed by atoms with E-state index in [1.54, 1.807) is 25.4 Å². The number of hydrogen-bond acceptors (Lipinski definition) is 3. The lowest BCUT2D eigenvalue weighted by Crippen LogP contribution is -2.30. The number of aromatic nitrogens is 2. The summed E-state index contributed by atoms with van der Waals surface area (Å²) in [5, 5.41) is 4.00. The molecule has 32 heavy (non-hydrogen) atoms. The Morgan fingerprint density at radius 1 is 1.00 bits per heavy atom. The first kappa shape index (κ1) is 20.2. The van der Waals surface area contributed by atoms with Crippen LogP contribution in [0.3, 0.4) is 0 Å². The van der Waals surface area contributed by atoms with Gasteiger partial charge in [-0.15, -0.1) is 0 Å².